The predicted octanol–water partition coefficient (Wildman–Crippen LogP) is 2.50. The van der Waals surface area contributed by atoms with Crippen molar-refractivity contribution in [2.24, 2.45) is 5.92 Å². The van der Waals surface area contributed by atoms with Crippen LogP contribution in [0.25, 0.3) is 0 Å². The van der Waals surface area contributed by atoms with Crippen LogP contribution in [0.3, 0.4) is 0 Å². The molecule has 0 radical (unpaired) electrons. The highest BCUT2D eigenvalue weighted by molar-refractivity contribution is 5.15. The Morgan fingerprint density at radius 1 is 1.78 bits per heavy atom. The summed E-state index contributed by atoms with van der Waals surface area (Å²) in [5.41, 5.74) is 0.698. The molecule has 0 heterocycles. The van der Waals surface area contributed by atoms with E-state index in [9.17, 15) is 0 Å². The molecule has 0 N–H and O–H groups in total. The van der Waals surface area contributed by atoms with E-state index < -0.39 is 0 Å². The van der Waals surface area contributed by atoms with Gasteiger partial charge in [0.05, 0.1) is 6.07 Å². The molecule has 1 nitrogen and oxygen atoms in total. The minimum Gasteiger partial charge on any atom is -0.193 e. The minimum absolute atomic E-state index is 0.608. The van der Waals surface area contributed by atoms with Gasteiger partial charge in [0.2, 0.25) is 0 Å². The van der Waals surface area contributed by atoms with Gasteiger partial charge >= 0.3 is 0 Å². The molecule has 0 saturated heterocycles. The fourth-order valence-corrected chi connectivity index (χ4v) is 0.611. The van der Waals surface area contributed by atoms with Gasteiger partial charge in [0.25, 0.3) is 0 Å². The number of hydrogen-bond acceptors (Lipinski definition) is 1. The van der Waals surface area contributed by atoms with E-state index in [2.05, 4.69) is 20.4 Å². The normalized spacial score (nSPS) is 12.1. The molecule has 0 aliphatic rings. The molecule has 0 unspecified atom stereocenters. The van der Waals surface area contributed by atoms with E-state index in [0.29, 0.717) is 11.5 Å². The van der Waals surface area contributed by atoms with Crippen molar-refractivity contribution in [1.29, 1.82) is 5.26 Å². The van der Waals surface area contributed by atoms with Crippen LogP contribution in [0, 0.1) is 17.2 Å². The zero-order valence-electron chi connectivity index (χ0n) is 6.15. The molecular formula is C8H13N. The van der Waals surface area contributed by atoms with Crippen molar-refractivity contribution in [3.05, 3.63) is 12.2 Å². The Bertz CT molecular complexity index is 130. The molecule has 0 bridgehead atoms. The number of hydrogen-bond donors (Lipinski definition) is 0. The average molecular weight is 123 g/mol. The highest BCUT2D eigenvalue weighted by Crippen LogP contribution is 2.11. The lowest BCUT2D eigenvalue weighted by molar-refractivity contribution is 0.564. The Morgan fingerprint density at radius 3 is 2.67 bits per heavy atom. The lowest BCUT2D eigenvalue weighted by atomic mass is 10.0. The van der Waals surface area contributed by atoms with Crippen molar-refractivity contribution in [3.8, 4) is 6.07 Å². The second-order valence-corrected chi connectivity index (χ2v) is 2.43. The molecule has 0 amide bonds. The van der Waals surface area contributed by atoms with Gasteiger partial charge in [-0.05, 0) is 12.3 Å². The third kappa shape index (κ3) is 3.78. The molecule has 1 heteroatoms. The maximum Gasteiger partial charge on any atom is 0.0940 e. The first-order valence-corrected chi connectivity index (χ1v) is 3.28. The highest BCUT2D eigenvalue weighted by Gasteiger charge is 1.99. The number of nitrogens with zero attached hydrogens (tertiary/aromatic N) is 1. The first-order valence-electron chi connectivity index (χ1n) is 3.28. The predicted molar refractivity (Wildman–Crippen MR) is 38.8 cm³/mol. The Balaban J connectivity index is 3.50. The molecule has 0 aromatic carbocycles. The van der Waals surface area contributed by atoms with Crippen LogP contribution in [-0.2, 0) is 0 Å². The molecule has 1 atom stereocenters. The smallest absolute Gasteiger partial charge is 0.0940 e. The summed E-state index contributed by atoms with van der Waals surface area (Å²) < 4.78 is 0. The monoisotopic (exact) mass is 123 g/mol. The molecular weight excluding hydrogens is 110 g/mol. The molecule has 0 aromatic heterocycles. The third-order valence-corrected chi connectivity index (χ3v) is 1.45. The molecule has 9 heavy (non-hydrogen) atoms. The lowest BCUT2D eigenvalue weighted by Gasteiger charge is -2.03. The van der Waals surface area contributed by atoms with E-state index in [1.165, 1.54) is 0 Å². The SMILES string of the molecule is C=C(C#N)C[C@H](C)CC. The summed E-state index contributed by atoms with van der Waals surface area (Å²) in [4.78, 5) is 0. The van der Waals surface area contributed by atoms with Gasteiger partial charge in [-0.15, -0.1) is 0 Å². The third-order valence-electron chi connectivity index (χ3n) is 1.45. The first kappa shape index (κ1) is 8.23. The van der Waals surface area contributed by atoms with Crippen molar-refractivity contribution in [3.63, 3.8) is 0 Å². The molecule has 0 aliphatic heterocycles. The topological polar surface area (TPSA) is 23.8 Å². The van der Waals surface area contributed by atoms with Gasteiger partial charge in [0, 0.05) is 5.57 Å². The van der Waals surface area contributed by atoms with Crippen molar-refractivity contribution in [2.45, 2.75) is 26.7 Å². The standard InChI is InChI=1S/C8H13N/c1-4-7(2)5-8(3)6-9/h7H,3-5H2,1-2H3/t7-/m1/s1. The van der Waals surface area contributed by atoms with Gasteiger partial charge in [0.15, 0.2) is 0 Å². The van der Waals surface area contributed by atoms with Gasteiger partial charge in [-0.3, -0.25) is 0 Å². The summed E-state index contributed by atoms with van der Waals surface area (Å²) in [6.07, 6.45) is 1.98. The van der Waals surface area contributed by atoms with Crippen LogP contribution < -0.4 is 0 Å². The molecule has 0 rings (SSSR count). The highest BCUT2D eigenvalue weighted by atomic mass is 14.2. The molecule has 50 valence electrons. The van der Waals surface area contributed by atoms with Gasteiger partial charge in [-0.1, -0.05) is 26.8 Å². The summed E-state index contributed by atoms with van der Waals surface area (Å²) in [7, 11) is 0. The van der Waals surface area contributed by atoms with Crippen LogP contribution in [0.4, 0.5) is 0 Å². The second kappa shape index (κ2) is 4.14. The largest absolute Gasteiger partial charge is 0.193 e. The molecule has 0 saturated carbocycles. The summed E-state index contributed by atoms with van der Waals surface area (Å²) in [6.45, 7) is 7.85. The average Bonchev–Trinajstić information content (AvgIpc) is 1.87. The van der Waals surface area contributed by atoms with Gasteiger partial charge < -0.3 is 0 Å². The van der Waals surface area contributed by atoms with Crippen molar-refractivity contribution in [2.75, 3.05) is 0 Å². The van der Waals surface area contributed by atoms with Crippen molar-refractivity contribution in [1.82, 2.24) is 0 Å². The quantitative estimate of drug-likeness (QED) is 0.529. The van der Waals surface area contributed by atoms with Crippen LogP contribution in [0.5, 0.6) is 0 Å². The maximum atomic E-state index is 8.33. The maximum absolute atomic E-state index is 8.33. The van der Waals surface area contributed by atoms with E-state index in [4.69, 9.17) is 5.26 Å². The Kier molecular flexibility index (Phi) is 3.79. The Morgan fingerprint density at radius 2 is 2.33 bits per heavy atom. The second-order valence-electron chi connectivity index (χ2n) is 2.43. The summed E-state index contributed by atoms with van der Waals surface area (Å²) in [5, 5.41) is 8.33. The summed E-state index contributed by atoms with van der Waals surface area (Å²) in [6, 6.07) is 2.04. The zero-order valence-corrected chi connectivity index (χ0v) is 6.15. The number of rotatable bonds is 3. The van der Waals surface area contributed by atoms with Gasteiger partial charge in [-0.25, -0.2) is 0 Å². The molecule has 0 fully saturated rings. The van der Waals surface area contributed by atoms with E-state index in [-0.39, 0.29) is 0 Å². The van der Waals surface area contributed by atoms with E-state index in [1.54, 1.807) is 0 Å². The fourth-order valence-electron chi connectivity index (χ4n) is 0.611. The van der Waals surface area contributed by atoms with E-state index in [1.807, 2.05) is 6.07 Å². The van der Waals surface area contributed by atoms with Gasteiger partial charge in [-0.2, -0.15) is 5.26 Å². The summed E-state index contributed by atoms with van der Waals surface area (Å²) in [5.74, 6) is 0.608. The first-order chi connectivity index (χ1) is 4.20. The number of allylic oxidation sites excluding steroid dienone is 1. The van der Waals surface area contributed by atoms with Crippen LogP contribution in [0.2, 0.25) is 0 Å². The Labute approximate surface area is 57.0 Å². The molecule has 0 aromatic rings. The fraction of sp³-hybridized carbons (Fsp3) is 0.625. The van der Waals surface area contributed by atoms with Crippen LogP contribution in [-0.4, -0.2) is 0 Å². The van der Waals surface area contributed by atoms with E-state index >= 15 is 0 Å². The zero-order chi connectivity index (χ0) is 7.28. The molecule has 0 aliphatic carbocycles. The van der Waals surface area contributed by atoms with E-state index in [0.717, 1.165) is 12.8 Å². The lowest BCUT2D eigenvalue weighted by Crippen LogP contribution is -1.91. The Hall–Kier alpha value is -0.770. The minimum atomic E-state index is 0.608. The van der Waals surface area contributed by atoms with Gasteiger partial charge in [0.1, 0.15) is 0 Å². The number of nitriles is 1. The molecule has 0 spiro atoms. The van der Waals surface area contributed by atoms with Crippen LogP contribution in [0.1, 0.15) is 26.7 Å². The van der Waals surface area contributed by atoms with Crippen molar-refractivity contribution < 1.29 is 0 Å². The summed E-state index contributed by atoms with van der Waals surface area (Å²) >= 11 is 0. The van der Waals surface area contributed by atoms with Crippen LogP contribution in [0.15, 0.2) is 12.2 Å². The van der Waals surface area contributed by atoms with Crippen molar-refractivity contribution >= 4 is 0 Å². The van der Waals surface area contributed by atoms with Crippen LogP contribution >= 0.6 is 0 Å².